The molecule has 184 valence electrons. The molecule has 0 radical (unpaired) electrons. The molecule has 35 heavy (non-hydrogen) atoms. The molecule has 1 N–H and O–H groups in total. The van der Waals surface area contributed by atoms with Gasteiger partial charge in [0.25, 0.3) is 5.91 Å². The first kappa shape index (κ1) is 25.4. The van der Waals surface area contributed by atoms with Crippen LogP contribution in [0.1, 0.15) is 54.1 Å². The van der Waals surface area contributed by atoms with Gasteiger partial charge in [-0.25, -0.2) is 8.42 Å². The van der Waals surface area contributed by atoms with Crippen LogP contribution in [0.5, 0.6) is 0 Å². The molecule has 0 aliphatic heterocycles. The maximum Gasteiger partial charge on any atom is 0.251 e. The van der Waals surface area contributed by atoms with E-state index in [0.717, 1.165) is 30.4 Å². The SMILES string of the molecule is C[C@H]1CCCC[C@H]1NC(=O)c1ccc(CN(Cc2ccccc2)S(=O)(=O)c2ccc(Cl)cc2)cc1. The Bertz CT molecular complexity index is 1230. The molecule has 1 amide bonds. The Morgan fingerprint density at radius 3 is 2.11 bits per heavy atom. The minimum atomic E-state index is -3.77. The van der Waals surface area contributed by atoms with Gasteiger partial charge < -0.3 is 5.32 Å². The van der Waals surface area contributed by atoms with Crippen molar-refractivity contribution >= 4 is 27.5 Å². The summed E-state index contributed by atoms with van der Waals surface area (Å²) in [6.07, 6.45) is 4.53. The smallest absolute Gasteiger partial charge is 0.251 e. The molecule has 0 unspecified atom stereocenters. The van der Waals surface area contributed by atoms with E-state index < -0.39 is 10.0 Å². The van der Waals surface area contributed by atoms with Crippen LogP contribution in [-0.2, 0) is 23.1 Å². The Hall–Kier alpha value is -2.67. The number of rotatable bonds is 8. The zero-order chi connectivity index (χ0) is 24.8. The molecule has 1 saturated carbocycles. The second kappa shape index (κ2) is 11.4. The number of amides is 1. The van der Waals surface area contributed by atoms with Crippen molar-refractivity contribution in [3.05, 3.63) is 101 Å². The lowest BCUT2D eigenvalue weighted by Gasteiger charge is -2.29. The average molecular weight is 511 g/mol. The van der Waals surface area contributed by atoms with E-state index >= 15 is 0 Å². The normalized spacial score (nSPS) is 18.4. The van der Waals surface area contributed by atoms with Gasteiger partial charge in [-0.1, -0.05) is 73.8 Å². The summed E-state index contributed by atoms with van der Waals surface area (Å²) in [5.74, 6) is 0.404. The molecule has 0 aromatic heterocycles. The number of carbonyl (C=O) groups is 1. The van der Waals surface area contributed by atoms with Crippen LogP contribution in [0.3, 0.4) is 0 Å². The minimum Gasteiger partial charge on any atom is -0.349 e. The Morgan fingerprint density at radius 1 is 0.886 bits per heavy atom. The molecule has 0 saturated heterocycles. The summed E-state index contributed by atoms with van der Waals surface area (Å²) in [5, 5.41) is 3.65. The number of nitrogens with one attached hydrogen (secondary N) is 1. The Morgan fingerprint density at radius 2 is 1.49 bits per heavy atom. The van der Waals surface area contributed by atoms with Crippen molar-refractivity contribution in [1.29, 1.82) is 0 Å². The summed E-state index contributed by atoms with van der Waals surface area (Å²) < 4.78 is 28.4. The first-order chi connectivity index (χ1) is 16.8. The highest BCUT2D eigenvalue weighted by molar-refractivity contribution is 7.89. The highest BCUT2D eigenvalue weighted by atomic mass is 35.5. The highest BCUT2D eigenvalue weighted by Gasteiger charge is 2.26. The molecule has 7 heteroatoms. The van der Waals surface area contributed by atoms with E-state index in [9.17, 15) is 13.2 Å². The topological polar surface area (TPSA) is 66.5 Å². The van der Waals surface area contributed by atoms with E-state index in [0.29, 0.717) is 16.5 Å². The molecule has 2 atom stereocenters. The molecule has 5 nitrogen and oxygen atoms in total. The Labute approximate surface area is 213 Å². The third-order valence-corrected chi connectivity index (χ3v) is 8.71. The summed E-state index contributed by atoms with van der Waals surface area (Å²) in [5.41, 5.74) is 2.28. The highest BCUT2D eigenvalue weighted by Crippen LogP contribution is 2.25. The van der Waals surface area contributed by atoms with Gasteiger partial charge in [-0.15, -0.1) is 0 Å². The quantitative estimate of drug-likeness (QED) is 0.401. The second-order valence-corrected chi connectivity index (χ2v) is 11.6. The van der Waals surface area contributed by atoms with E-state index in [1.54, 1.807) is 24.3 Å². The van der Waals surface area contributed by atoms with Gasteiger partial charge in [-0.3, -0.25) is 4.79 Å². The van der Waals surface area contributed by atoms with Gasteiger partial charge in [0.1, 0.15) is 0 Å². The van der Waals surface area contributed by atoms with E-state index in [1.165, 1.54) is 22.9 Å². The molecular weight excluding hydrogens is 480 g/mol. The zero-order valence-corrected chi connectivity index (χ0v) is 21.4. The van der Waals surface area contributed by atoms with Crippen molar-refractivity contribution in [1.82, 2.24) is 9.62 Å². The van der Waals surface area contributed by atoms with E-state index in [4.69, 9.17) is 11.6 Å². The van der Waals surface area contributed by atoms with Gasteiger partial charge in [0.15, 0.2) is 0 Å². The molecule has 3 aromatic carbocycles. The number of carbonyl (C=O) groups excluding carboxylic acids is 1. The third-order valence-electron chi connectivity index (χ3n) is 6.66. The standard InChI is InChI=1S/C28H31ClN2O3S/c1-21-7-5-6-10-27(21)30-28(32)24-13-11-23(12-14-24)20-31(19-22-8-3-2-4-9-22)35(33,34)26-17-15-25(29)16-18-26/h2-4,8-9,11-18,21,27H,5-7,10,19-20H2,1H3,(H,30,32)/t21-,27+/m0/s1. The molecule has 1 aliphatic carbocycles. The fraction of sp³-hybridized carbons (Fsp3) is 0.321. The van der Waals surface area contributed by atoms with Crippen LogP contribution < -0.4 is 5.32 Å². The number of sulfonamides is 1. The lowest BCUT2D eigenvalue weighted by molar-refractivity contribution is 0.0910. The van der Waals surface area contributed by atoms with E-state index in [1.807, 2.05) is 42.5 Å². The summed E-state index contributed by atoms with van der Waals surface area (Å²) in [6.45, 7) is 2.60. The summed E-state index contributed by atoms with van der Waals surface area (Å²) in [6, 6.07) is 23.1. The molecule has 0 heterocycles. The van der Waals surface area contributed by atoms with Crippen molar-refractivity contribution in [2.24, 2.45) is 5.92 Å². The maximum atomic E-state index is 13.5. The molecule has 3 aromatic rings. The molecule has 1 fully saturated rings. The lowest BCUT2D eigenvalue weighted by atomic mass is 9.86. The van der Waals surface area contributed by atoms with E-state index in [2.05, 4.69) is 12.2 Å². The predicted octanol–water partition coefficient (Wildman–Crippen LogP) is 6.04. The molecule has 0 spiro atoms. The van der Waals surface area contributed by atoms with Crippen molar-refractivity contribution in [2.45, 2.75) is 56.6 Å². The van der Waals surface area contributed by atoms with Crippen LogP contribution >= 0.6 is 11.6 Å². The van der Waals surface area contributed by atoms with Crippen LogP contribution in [-0.4, -0.2) is 24.7 Å². The van der Waals surface area contributed by atoms with Crippen molar-refractivity contribution < 1.29 is 13.2 Å². The maximum absolute atomic E-state index is 13.5. The van der Waals surface area contributed by atoms with Crippen molar-refractivity contribution in [2.75, 3.05) is 0 Å². The van der Waals surface area contributed by atoms with Crippen molar-refractivity contribution in [3.8, 4) is 0 Å². The monoisotopic (exact) mass is 510 g/mol. The first-order valence-electron chi connectivity index (χ1n) is 12.0. The van der Waals surface area contributed by atoms with Gasteiger partial charge >= 0.3 is 0 Å². The minimum absolute atomic E-state index is 0.0785. The number of hydrogen-bond donors (Lipinski definition) is 1. The number of nitrogens with zero attached hydrogens (tertiary/aromatic N) is 1. The summed E-state index contributed by atoms with van der Waals surface area (Å²) >= 11 is 5.97. The van der Waals surface area contributed by atoms with Gasteiger partial charge in [0, 0.05) is 29.7 Å². The van der Waals surface area contributed by atoms with Crippen LogP contribution in [0.2, 0.25) is 5.02 Å². The molecular formula is C28H31ClN2O3S. The summed E-state index contributed by atoms with van der Waals surface area (Å²) in [4.78, 5) is 13.0. The van der Waals surface area contributed by atoms with Crippen LogP contribution in [0.4, 0.5) is 0 Å². The first-order valence-corrected chi connectivity index (χ1v) is 13.8. The number of halogens is 1. The van der Waals surface area contributed by atoms with E-state index in [-0.39, 0.29) is 29.9 Å². The average Bonchev–Trinajstić information content (AvgIpc) is 2.86. The van der Waals surface area contributed by atoms with Gasteiger partial charge in [0.2, 0.25) is 10.0 Å². The van der Waals surface area contributed by atoms with Gasteiger partial charge in [0.05, 0.1) is 4.90 Å². The van der Waals surface area contributed by atoms with Crippen molar-refractivity contribution in [3.63, 3.8) is 0 Å². The predicted molar refractivity (Wildman–Crippen MR) is 140 cm³/mol. The van der Waals surface area contributed by atoms with Gasteiger partial charge in [-0.05, 0) is 66.3 Å². The van der Waals surface area contributed by atoms with Crippen LogP contribution in [0.15, 0.2) is 83.8 Å². The Balaban J connectivity index is 1.52. The van der Waals surface area contributed by atoms with Crippen LogP contribution in [0.25, 0.3) is 0 Å². The number of hydrogen-bond acceptors (Lipinski definition) is 3. The number of benzene rings is 3. The molecule has 4 rings (SSSR count). The fourth-order valence-electron chi connectivity index (χ4n) is 4.52. The zero-order valence-electron chi connectivity index (χ0n) is 19.9. The fourth-order valence-corrected chi connectivity index (χ4v) is 6.06. The second-order valence-electron chi connectivity index (χ2n) is 9.25. The van der Waals surface area contributed by atoms with Crippen LogP contribution in [0, 0.1) is 5.92 Å². The Kier molecular flexibility index (Phi) is 8.26. The summed E-state index contributed by atoms with van der Waals surface area (Å²) in [7, 11) is -3.77. The van der Waals surface area contributed by atoms with Gasteiger partial charge in [-0.2, -0.15) is 4.31 Å². The lowest BCUT2D eigenvalue weighted by Crippen LogP contribution is -2.41. The third kappa shape index (κ3) is 6.51. The molecule has 0 bridgehead atoms. The largest absolute Gasteiger partial charge is 0.349 e. The molecule has 1 aliphatic rings.